The van der Waals surface area contributed by atoms with Crippen LogP contribution in [-0.2, 0) is 0 Å². The van der Waals surface area contributed by atoms with Gasteiger partial charge in [-0.05, 0) is 97.2 Å². The number of nitrogens with zero attached hydrogens (tertiary/aromatic N) is 5. The second-order valence-electron chi connectivity index (χ2n) is 24.0. The predicted octanol–water partition coefficient (Wildman–Crippen LogP) is 25.1. The highest BCUT2D eigenvalue weighted by Gasteiger charge is 2.27. The topological polar surface area (TPSA) is 72.3 Å². The minimum absolute atomic E-state index is 0.286. The number of hydrogen-bond acceptors (Lipinski definition) is 8. The van der Waals surface area contributed by atoms with Crippen LogP contribution in [-0.4, -0.2) is 29.5 Å². The van der Waals surface area contributed by atoms with E-state index in [2.05, 4.69) is 262 Å². The molecule has 0 amide bonds. The van der Waals surface area contributed by atoms with Gasteiger partial charge in [0.15, 0.2) is 5.69 Å². The number of allylic oxidation sites excluding steroid dienone is 2. The van der Waals surface area contributed by atoms with Gasteiger partial charge in [0.2, 0.25) is 11.2 Å². The molecule has 0 unspecified atom stereocenters. The lowest BCUT2D eigenvalue weighted by Gasteiger charge is -2.12. The van der Waals surface area contributed by atoms with E-state index in [1.807, 2.05) is 59.1 Å². The number of thiophene rings is 4. The van der Waals surface area contributed by atoms with Gasteiger partial charge in [-0.1, -0.05) is 212 Å². The van der Waals surface area contributed by atoms with Crippen LogP contribution >= 0.6 is 56.9 Å². The van der Waals surface area contributed by atoms with Crippen LogP contribution < -0.4 is 0 Å². The molecule has 0 radical (unpaired) electrons. The summed E-state index contributed by atoms with van der Waals surface area (Å²) in [6.45, 7) is 0. The fourth-order valence-electron chi connectivity index (χ4n) is 14.6. The summed E-state index contributed by atoms with van der Waals surface area (Å²) in [5.41, 5.74) is 11.9. The van der Waals surface area contributed by atoms with Gasteiger partial charge in [-0.2, -0.15) is 0 Å². The van der Waals surface area contributed by atoms with E-state index < -0.39 is 0 Å². The summed E-state index contributed by atoms with van der Waals surface area (Å²) in [4.78, 5) is 23.7. The Morgan fingerprint density at radius 1 is 0.368 bits per heavy atom. The number of nitrogens with one attached hydrogen (secondary N) is 1. The third-order valence-electron chi connectivity index (χ3n) is 18.7. The van der Waals surface area contributed by atoms with Crippen LogP contribution in [0.5, 0.6) is 0 Å². The second kappa shape index (κ2) is 21.5. The zero-order valence-electron chi connectivity index (χ0n) is 50.2. The standard InChI is InChI=1S/C42H23N3S2.C22H12NS.C20H11ClN2S/c1-2-12-25-23-26(22-21-24(25)11-1)37-41-38(31-17-7-10-20-34(31)47-41)44-42(43-37)45-32-18-8-5-15-29(32)35-27-13-3-4-14-28(27)36-30-16-6-9-19-33(30)46-40(36)39(35)45;1-2-8-14-13(7-1)19-15-9-3-5-11-17(15)23-21(19)22-20(14)16-10-4-6-12-18(16)24-22;21-20-22-17(14-10-9-12-5-1-2-6-13(12)11-14)19-18(23-20)15-7-3-4-8-16(15)24-19/h1-23H;1-4,6-12,23H;1-11H/q;+1;. The van der Waals surface area contributed by atoms with Gasteiger partial charge in [0.05, 0.1) is 63.8 Å². The lowest BCUT2D eigenvalue weighted by atomic mass is 9.97. The Labute approximate surface area is 562 Å². The Morgan fingerprint density at radius 2 is 0.811 bits per heavy atom. The maximum atomic E-state index is 6.23. The smallest absolute Gasteiger partial charge is 0.235 e. The van der Waals surface area contributed by atoms with Crippen LogP contribution in [0.3, 0.4) is 0 Å². The van der Waals surface area contributed by atoms with Gasteiger partial charge in [0.1, 0.15) is 17.7 Å². The first-order chi connectivity index (χ1) is 47.0. The van der Waals surface area contributed by atoms with E-state index in [1.54, 1.807) is 22.7 Å². The molecule has 1 aliphatic rings. The molecule has 442 valence electrons. The number of aromatic nitrogens is 6. The molecule has 0 bridgehead atoms. The van der Waals surface area contributed by atoms with Gasteiger partial charge < -0.3 is 0 Å². The van der Waals surface area contributed by atoms with Gasteiger partial charge in [0.25, 0.3) is 0 Å². The maximum Gasteiger partial charge on any atom is 0.235 e. The molecular formula is C84H46ClN6S4+. The molecule has 6 nitrogen and oxygen atoms in total. The summed E-state index contributed by atoms with van der Waals surface area (Å²) in [7, 11) is 0. The number of hydrogen-bond donors (Lipinski definition) is 1. The quantitative estimate of drug-likeness (QED) is 0.141. The molecular weight excluding hydrogens is 1260 g/mol. The zero-order chi connectivity index (χ0) is 62.4. The van der Waals surface area contributed by atoms with E-state index in [0.29, 0.717) is 5.95 Å². The van der Waals surface area contributed by atoms with Gasteiger partial charge >= 0.3 is 0 Å². The molecule has 21 aromatic rings. The van der Waals surface area contributed by atoms with Crippen molar-refractivity contribution in [2.24, 2.45) is 0 Å². The van der Waals surface area contributed by atoms with Gasteiger partial charge in [-0.15, -0.1) is 45.3 Å². The summed E-state index contributed by atoms with van der Waals surface area (Å²) in [6, 6.07) is 90.7. The normalized spacial score (nSPS) is 12.3. The van der Waals surface area contributed by atoms with Crippen molar-refractivity contribution in [3.05, 3.63) is 283 Å². The van der Waals surface area contributed by atoms with Crippen molar-refractivity contribution >= 4 is 226 Å². The first kappa shape index (κ1) is 54.5. The number of aromatic amines is 1. The minimum Gasteiger partial charge on any atom is -0.299 e. The van der Waals surface area contributed by atoms with Crippen molar-refractivity contribution in [1.82, 2.24) is 29.5 Å². The highest BCUT2D eigenvalue weighted by Crippen LogP contribution is 2.50. The summed E-state index contributed by atoms with van der Waals surface area (Å²) in [5.74, 6) is 0.699. The van der Waals surface area contributed by atoms with Crippen molar-refractivity contribution in [2.45, 2.75) is 0 Å². The Bertz CT molecular complexity index is 6900. The fraction of sp³-hybridized carbons (Fsp3) is 0. The largest absolute Gasteiger partial charge is 0.299 e. The molecule has 0 saturated heterocycles. The molecule has 0 aliphatic heterocycles. The summed E-state index contributed by atoms with van der Waals surface area (Å²) < 4.78 is 12.2. The van der Waals surface area contributed by atoms with E-state index in [4.69, 9.17) is 21.6 Å². The molecule has 11 heteroatoms. The molecule has 0 atom stereocenters. The molecule has 1 aliphatic carbocycles. The molecule has 22 rings (SSSR count). The third-order valence-corrected chi connectivity index (χ3v) is 23.6. The van der Waals surface area contributed by atoms with Crippen molar-refractivity contribution in [2.75, 3.05) is 0 Å². The van der Waals surface area contributed by atoms with Crippen LogP contribution in [0.15, 0.2) is 261 Å². The van der Waals surface area contributed by atoms with Crippen LogP contribution in [0.4, 0.5) is 0 Å². The molecule has 95 heavy (non-hydrogen) atoms. The Balaban J connectivity index is 0.000000108. The Hall–Kier alpha value is -11.0. The second-order valence-corrected chi connectivity index (χ2v) is 28.6. The molecule has 1 N–H and O–H groups in total. The average Bonchev–Trinajstić information content (AvgIpc) is 1.49. The summed E-state index contributed by atoms with van der Waals surface area (Å²) in [5, 5.41) is 21.7. The van der Waals surface area contributed by atoms with Crippen LogP contribution in [0, 0.1) is 6.08 Å². The Morgan fingerprint density at radius 3 is 1.41 bits per heavy atom. The monoisotopic (exact) mass is 1300 g/mol. The zero-order valence-corrected chi connectivity index (χ0v) is 54.2. The van der Waals surface area contributed by atoms with E-state index in [0.717, 1.165) is 64.9 Å². The Kier molecular flexibility index (Phi) is 12.3. The van der Waals surface area contributed by atoms with E-state index >= 15 is 0 Å². The predicted molar refractivity (Wildman–Crippen MR) is 411 cm³/mol. The van der Waals surface area contributed by atoms with Gasteiger partial charge in [-0.25, -0.2) is 19.9 Å². The highest BCUT2D eigenvalue weighted by molar-refractivity contribution is 7.28. The summed E-state index contributed by atoms with van der Waals surface area (Å²) in [6.07, 6.45) is 9.40. The third kappa shape index (κ3) is 8.50. The molecule has 8 heterocycles. The van der Waals surface area contributed by atoms with Crippen molar-refractivity contribution in [3.8, 4) is 28.5 Å². The highest BCUT2D eigenvalue weighted by atomic mass is 35.5. The van der Waals surface area contributed by atoms with Gasteiger partial charge in [0, 0.05) is 84.5 Å². The minimum atomic E-state index is 0.286. The number of benzene rings is 13. The molecule has 0 saturated carbocycles. The van der Waals surface area contributed by atoms with Crippen molar-refractivity contribution < 1.29 is 0 Å². The fourth-order valence-corrected chi connectivity index (χ4v) is 19.5. The summed E-state index contributed by atoms with van der Waals surface area (Å²) >= 11 is 13.5. The molecule has 8 aromatic heterocycles. The molecule has 13 aromatic carbocycles. The number of rotatable bonds is 3. The number of fused-ring (bicyclic) bond motifs is 28. The lowest BCUT2D eigenvalue weighted by Crippen LogP contribution is -2.03. The number of para-hydroxylation sites is 1. The first-order valence-electron chi connectivity index (χ1n) is 31.4. The lowest BCUT2D eigenvalue weighted by molar-refractivity contribution is 1.02. The van der Waals surface area contributed by atoms with E-state index in [1.165, 1.54) is 126 Å². The first-order valence-corrected chi connectivity index (χ1v) is 35.1. The van der Waals surface area contributed by atoms with E-state index in [-0.39, 0.29) is 5.28 Å². The van der Waals surface area contributed by atoms with Crippen LogP contribution in [0.1, 0.15) is 11.3 Å². The van der Waals surface area contributed by atoms with Crippen molar-refractivity contribution in [1.29, 1.82) is 0 Å². The number of H-pyrrole nitrogens is 1. The number of halogens is 1. The molecule has 0 fully saturated rings. The molecule has 0 spiro atoms. The van der Waals surface area contributed by atoms with Crippen LogP contribution in [0.25, 0.3) is 197 Å². The van der Waals surface area contributed by atoms with Crippen molar-refractivity contribution in [3.63, 3.8) is 0 Å². The van der Waals surface area contributed by atoms with Crippen LogP contribution in [0.2, 0.25) is 5.28 Å². The SMILES string of the molecule is Clc1nc(-c2ccc3ccccc3c2)c2sc3ccccc3c2n1.[C+]1=Cc2[nH]c3c4sc5ccccc5c4c4ccccc4c3c2C=C1.c1ccc2cc(-c3nc(-n4c5ccccc5c5c6ccccc6c6c7ccccc7sc6c54)nc4c3sc3ccccc34)ccc2c1. The average molecular weight is 1300 g/mol. The van der Waals surface area contributed by atoms with Gasteiger partial charge in [-0.3, -0.25) is 9.55 Å². The van der Waals surface area contributed by atoms with E-state index in [9.17, 15) is 0 Å². The maximum absolute atomic E-state index is 6.23.